The van der Waals surface area contributed by atoms with Crippen molar-refractivity contribution in [3.8, 4) is 17.6 Å². The van der Waals surface area contributed by atoms with Crippen LogP contribution in [0.15, 0.2) is 48.5 Å². The second kappa shape index (κ2) is 11.5. The fraction of sp³-hybridized carbons (Fsp3) is 0.348. The third kappa shape index (κ3) is 6.37. The van der Waals surface area contributed by atoms with Crippen molar-refractivity contribution in [3.63, 3.8) is 0 Å². The Labute approximate surface area is 181 Å². The largest absolute Gasteiger partial charge is 0.497 e. The van der Waals surface area contributed by atoms with Gasteiger partial charge in [0.25, 0.3) is 5.91 Å². The summed E-state index contributed by atoms with van der Waals surface area (Å²) in [6.45, 7) is 0. The molecule has 0 radical (unpaired) electrons. The first kappa shape index (κ1) is 23.5. The predicted octanol–water partition coefficient (Wildman–Crippen LogP) is 3.59. The van der Waals surface area contributed by atoms with Gasteiger partial charge in [-0.05, 0) is 48.2 Å². The lowest BCUT2D eigenvalue weighted by atomic mass is 9.72. The van der Waals surface area contributed by atoms with Gasteiger partial charge in [0, 0.05) is 6.42 Å². The minimum Gasteiger partial charge on any atom is -0.497 e. The average molecular weight is 425 g/mol. The maximum atomic E-state index is 11.6. The quantitative estimate of drug-likeness (QED) is 0.443. The minimum absolute atomic E-state index is 0.192. The zero-order valence-electron chi connectivity index (χ0n) is 17.7. The van der Waals surface area contributed by atoms with Crippen LogP contribution in [-0.4, -0.2) is 26.2 Å². The highest BCUT2D eigenvalue weighted by atomic mass is 16.7. The second-order valence-electron chi connectivity index (χ2n) is 6.98. The van der Waals surface area contributed by atoms with Crippen molar-refractivity contribution in [2.24, 2.45) is 5.73 Å². The van der Waals surface area contributed by atoms with E-state index in [0.29, 0.717) is 12.8 Å². The van der Waals surface area contributed by atoms with Crippen LogP contribution < -0.4 is 20.7 Å². The van der Waals surface area contributed by atoms with Gasteiger partial charge in [0.2, 0.25) is 0 Å². The fourth-order valence-electron chi connectivity index (χ4n) is 3.40. The van der Waals surface area contributed by atoms with E-state index in [1.807, 2.05) is 54.0 Å². The van der Waals surface area contributed by atoms with Crippen LogP contribution >= 0.6 is 0 Å². The monoisotopic (exact) mass is 425 g/mol. The lowest BCUT2D eigenvalue weighted by Crippen LogP contribution is -2.29. The number of ether oxygens (including phenoxy) is 2. The number of nitrogens with two attached hydrogens (primary N) is 1. The first-order valence-electron chi connectivity index (χ1n) is 9.90. The summed E-state index contributed by atoms with van der Waals surface area (Å²) >= 11 is 0. The molecule has 0 saturated heterocycles. The van der Waals surface area contributed by atoms with E-state index in [-0.39, 0.29) is 6.42 Å². The molecule has 31 heavy (non-hydrogen) atoms. The summed E-state index contributed by atoms with van der Waals surface area (Å²) in [5, 5.41) is 10.3. The Kier molecular flexibility index (Phi) is 8.70. The number of carbonyl (C=O) groups excluding carboxylic acids is 2. The van der Waals surface area contributed by atoms with Crippen LogP contribution in [0.4, 0.5) is 4.79 Å². The van der Waals surface area contributed by atoms with Crippen molar-refractivity contribution in [2.75, 3.05) is 14.2 Å². The number of primary amides is 1. The molecule has 0 aliphatic heterocycles. The Balaban J connectivity index is 2.13. The predicted molar refractivity (Wildman–Crippen MR) is 114 cm³/mol. The van der Waals surface area contributed by atoms with Crippen LogP contribution in [0, 0.1) is 11.3 Å². The summed E-state index contributed by atoms with van der Waals surface area (Å²) in [5.41, 5.74) is 7.68. The van der Waals surface area contributed by atoms with Crippen LogP contribution in [0.3, 0.4) is 0 Å². The van der Waals surface area contributed by atoms with Crippen LogP contribution in [0.5, 0.6) is 11.5 Å². The van der Waals surface area contributed by atoms with Gasteiger partial charge in [-0.3, -0.25) is 4.79 Å². The fourth-order valence-corrected chi connectivity index (χ4v) is 3.40. The number of amides is 2. The number of nitriles is 1. The summed E-state index contributed by atoms with van der Waals surface area (Å²) < 4.78 is 10.5. The molecule has 0 saturated carbocycles. The van der Waals surface area contributed by atoms with Crippen molar-refractivity contribution in [1.82, 2.24) is 5.48 Å². The maximum absolute atomic E-state index is 11.6. The third-order valence-electron chi connectivity index (χ3n) is 5.08. The number of unbranched alkanes of at least 4 members (excludes halogenated alkanes) is 2. The number of nitrogens with zero attached hydrogens (tertiary/aromatic N) is 1. The normalized spacial score (nSPS) is 10.6. The van der Waals surface area contributed by atoms with Crippen LogP contribution in [0.1, 0.15) is 43.2 Å². The molecule has 0 spiro atoms. The van der Waals surface area contributed by atoms with Gasteiger partial charge < -0.3 is 20.0 Å². The summed E-state index contributed by atoms with van der Waals surface area (Å²) in [4.78, 5) is 26.4. The smallest absolute Gasteiger partial charge is 0.428 e. The summed E-state index contributed by atoms with van der Waals surface area (Å²) in [6.07, 6.45) is 1.72. The maximum Gasteiger partial charge on any atom is 0.428 e. The number of benzene rings is 2. The molecular formula is C23H27N3O5. The molecule has 2 aromatic carbocycles. The molecule has 2 amide bonds. The van der Waals surface area contributed by atoms with Crippen LogP contribution in [-0.2, 0) is 15.0 Å². The molecular weight excluding hydrogens is 398 g/mol. The van der Waals surface area contributed by atoms with Gasteiger partial charge in [-0.25, -0.2) is 4.79 Å². The summed E-state index contributed by atoms with van der Waals surface area (Å²) in [5.74, 6) is 1.01. The van der Waals surface area contributed by atoms with E-state index in [2.05, 4.69) is 10.9 Å². The van der Waals surface area contributed by atoms with Crippen molar-refractivity contribution in [3.05, 3.63) is 59.7 Å². The molecule has 8 nitrogen and oxygen atoms in total. The molecule has 0 bridgehead atoms. The number of hydrogen-bond donors (Lipinski definition) is 2. The molecule has 0 aliphatic rings. The highest BCUT2D eigenvalue weighted by Gasteiger charge is 2.34. The number of methoxy groups -OCH3 is 2. The van der Waals surface area contributed by atoms with E-state index in [1.54, 1.807) is 14.2 Å². The molecule has 164 valence electrons. The molecule has 8 heteroatoms. The first-order valence-corrected chi connectivity index (χ1v) is 9.90. The van der Waals surface area contributed by atoms with E-state index in [0.717, 1.165) is 35.5 Å². The molecule has 2 aromatic rings. The molecule has 0 aromatic heterocycles. The number of hydroxylamine groups is 1. The van der Waals surface area contributed by atoms with E-state index in [4.69, 9.17) is 15.2 Å². The molecule has 0 heterocycles. The van der Waals surface area contributed by atoms with Crippen LogP contribution in [0.25, 0.3) is 0 Å². The topological polar surface area (TPSA) is 124 Å². The lowest BCUT2D eigenvalue weighted by Gasteiger charge is -2.28. The van der Waals surface area contributed by atoms with E-state index in [1.165, 1.54) is 0 Å². The van der Waals surface area contributed by atoms with Gasteiger partial charge in [0.05, 0.1) is 20.3 Å². The van der Waals surface area contributed by atoms with Crippen molar-refractivity contribution in [2.45, 2.75) is 37.5 Å². The highest BCUT2D eigenvalue weighted by Crippen LogP contribution is 2.38. The molecule has 3 N–H and O–H groups in total. The molecule has 0 fully saturated rings. The van der Waals surface area contributed by atoms with Crippen molar-refractivity contribution < 1.29 is 23.9 Å². The molecule has 2 rings (SSSR count). The van der Waals surface area contributed by atoms with Crippen LogP contribution in [0.2, 0.25) is 0 Å². The number of rotatable bonds is 10. The standard InChI is InChI=1S/C23H27N3O5/c1-29-19-11-7-17(8-12-19)23(16-24,18-9-13-20(30-2)14-10-18)15-5-3-4-6-21(27)26-31-22(25)28/h7-14H,3-6,15H2,1-2H3,(H2,25,28)(H,26,27). The Hall–Kier alpha value is -3.73. The minimum atomic E-state index is -1.06. The number of carbonyl (C=O) groups is 2. The highest BCUT2D eigenvalue weighted by molar-refractivity contribution is 5.76. The zero-order chi connectivity index (χ0) is 22.7. The van der Waals surface area contributed by atoms with Gasteiger partial charge in [-0.1, -0.05) is 37.1 Å². The van der Waals surface area contributed by atoms with Gasteiger partial charge in [0.15, 0.2) is 0 Å². The van der Waals surface area contributed by atoms with Gasteiger partial charge in [-0.2, -0.15) is 10.7 Å². The second-order valence-corrected chi connectivity index (χ2v) is 6.98. The number of nitrogens with one attached hydrogen (secondary N) is 1. The first-order chi connectivity index (χ1) is 14.9. The molecule has 0 aliphatic carbocycles. The SMILES string of the molecule is COc1ccc(C(C#N)(CCCCCC(=O)NOC(N)=O)c2ccc(OC)cc2)cc1. The molecule has 0 unspecified atom stereocenters. The van der Waals surface area contributed by atoms with Gasteiger partial charge in [0.1, 0.15) is 16.9 Å². The Bertz CT molecular complexity index is 857. The summed E-state index contributed by atoms with van der Waals surface area (Å²) in [7, 11) is 3.20. The zero-order valence-corrected chi connectivity index (χ0v) is 17.7. The van der Waals surface area contributed by atoms with Gasteiger partial charge >= 0.3 is 6.09 Å². The van der Waals surface area contributed by atoms with Gasteiger partial charge in [-0.15, -0.1) is 0 Å². The molecule has 0 atom stereocenters. The van der Waals surface area contributed by atoms with Crippen molar-refractivity contribution in [1.29, 1.82) is 5.26 Å². The summed E-state index contributed by atoms with van der Waals surface area (Å²) in [6, 6.07) is 17.5. The Morgan fingerprint density at radius 3 is 1.87 bits per heavy atom. The third-order valence-corrected chi connectivity index (χ3v) is 5.08. The lowest BCUT2D eigenvalue weighted by molar-refractivity contribution is -0.129. The van der Waals surface area contributed by atoms with E-state index < -0.39 is 17.4 Å². The Morgan fingerprint density at radius 2 is 1.45 bits per heavy atom. The van der Waals surface area contributed by atoms with E-state index in [9.17, 15) is 14.9 Å². The average Bonchev–Trinajstić information content (AvgIpc) is 2.80. The number of hydrogen-bond acceptors (Lipinski definition) is 6. The van der Waals surface area contributed by atoms with E-state index >= 15 is 0 Å². The van der Waals surface area contributed by atoms with Crippen molar-refractivity contribution >= 4 is 12.0 Å². The Morgan fingerprint density at radius 1 is 0.935 bits per heavy atom.